The number of anilines is 1. The number of aliphatic hydroxyl groups is 1. The molecule has 0 spiro atoms. The van der Waals surface area contributed by atoms with E-state index in [1.807, 2.05) is 55.5 Å². The molecule has 2 aromatic heterocycles. The molecule has 0 saturated carbocycles. The summed E-state index contributed by atoms with van der Waals surface area (Å²) in [4.78, 5) is 25.8. The fraction of sp³-hybridized carbons (Fsp3) is 0.346. The van der Waals surface area contributed by atoms with Gasteiger partial charge in [0, 0.05) is 50.4 Å². The normalized spacial score (nSPS) is 15.9. The molecule has 0 unspecified atom stereocenters. The number of β-amino-alcohol motifs (C(OH)–C–C–N with tert-alkyl or cyclic N) is 1. The molecular weight excluding hydrogens is 462 g/mol. The third-order valence-corrected chi connectivity index (χ3v) is 7.08. The Kier molecular flexibility index (Phi) is 7.19. The first-order chi connectivity index (χ1) is 17.0. The molecule has 1 atom stereocenters. The van der Waals surface area contributed by atoms with Crippen molar-refractivity contribution in [1.82, 2.24) is 19.8 Å². The number of rotatable bonds is 8. The lowest BCUT2D eigenvalue weighted by Crippen LogP contribution is -2.50. The number of fused-ring (bicyclic) bond motifs is 2. The van der Waals surface area contributed by atoms with Crippen LogP contribution in [0.15, 0.2) is 54.7 Å². The van der Waals surface area contributed by atoms with E-state index in [0.717, 1.165) is 63.7 Å². The van der Waals surface area contributed by atoms with Gasteiger partial charge in [-0.1, -0.05) is 6.07 Å². The number of carbonyl (C=O) groups excluding carboxylic acids is 1. The monoisotopic (exact) mass is 491 g/mol. The third-order valence-electron chi connectivity index (χ3n) is 6.13. The first kappa shape index (κ1) is 23.6. The van der Waals surface area contributed by atoms with E-state index in [-0.39, 0.29) is 12.5 Å². The molecule has 3 heterocycles. The molecule has 4 aromatic rings. The molecule has 1 fully saturated rings. The number of amides is 1. The minimum absolute atomic E-state index is 0.0319. The quantitative estimate of drug-likeness (QED) is 0.391. The van der Waals surface area contributed by atoms with Gasteiger partial charge in [-0.3, -0.25) is 19.6 Å². The second-order valence-electron chi connectivity index (χ2n) is 8.83. The maximum Gasteiger partial charge on any atom is 0.238 e. The summed E-state index contributed by atoms with van der Waals surface area (Å²) in [6.45, 7) is 6.26. The van der Waals surface area contributed by atoms with Crippen LogP contribution in [0.5, 0.6) is 5.75 Å². The lowest BCUT2D eigenvalue weighted by atomic mass is 10.2. The first-order valence-electron chi connectivity index (χ1n) is 11.8. The largest absolute Gasteiger partial charge is 0.491 e. The van der Waals surface area contributed by atoms with Crippen molar-refractivity contribution >= 4 is 44.1 Å². The highest BCUT2D eigenvalue weighted by Gasteiger charge is 2.21. The zero-order chi connectivity index (χ0) is 24.2. The second kappa shape index (κ2) is 10.7. The van der Waals surface area contributed by atoms with Crippen LogP contribution in [-0.2, 0) is 4.79 Å². The highest BCUT2D eigenvalue weighted by atomic mass is 32.1. The number of ether oxygens (including phenoxy) is 1. The Morgan fingerprint density at radius 2 is 1.94 bits per heavy atom. The van der Waals surface area contributed by atoms with E-state index in [1.54, 1.807) is 17.5 Å². The van der Waals surface area contributed by atoms with Crippen LogP contribution in [0.25, 0.3) is 21.1 Å². The van der Waals surface area contributed by atoms with Crippen molar-refractivity contribution in [1.29, 1.82) is 0 Å². The van der Waals surface area contributed by atoms with Crippen LogP contribution in [0.1, 0.15) is 5.01 Å². The fourth-order valence-corrected chi connectivity index (χ4v) is 5.20. The van der Waals surface area contributed by atoms with Crippen molar-refractivity contribution in [2.45, 2.75) is 13.0 Å². The number of carbonyl (C=O) groups is 1. The number of aromatic nitrogens is 2. The van der Waals surface area contributed by atoms with Crippen LogP contribution in [0.2, 0.25) is 0 Å². The second-order valence-corrected chi connectivity index (χ2v) is 10.1. The van der Waals surface area contributed by atoms with Crippen LogP contribution in [0, 0.1) is 6.92 Å². The Morgan fingerprint density at radius 3 is 2.80 bits per heavy atom. The van der Waals surface area contributed by atoms with Crippen molar-refractivity contribution in [2.75, 3.05) is 51.2 Å². The zero-order valence-electron chi connectivity index (χ0n) is 19.7. The number of nitrogens with one attached hydrogen (secondary N) is 1. The molecule has 35 heavy (non-hydrogen) atoms. The molecule has 1 aliphatic heterocycles. The average Bonchev–Trinajstić information content (AvgIpc) is 3.23. The minimum atomic E-state index is -0.585. The van der Waals surface area contributed by atoms with Gasteiger partial charge in [0.2, 0.25) is 5.91 Å². The molecular formula is C26H29N5O3S. The highest BCUT2D eigenvalue weighted by molar-refractivity contribution is 7.18. The molecule has 5 rings (SSSR count). The molecule has 1 amide bonds. The Labute approximate surface area is 208 Å². The number of nitrogens with zero attached hydrogens (tertiary/aromatic N) is 4. The predicted molar refractivity (Wildman–Crippen MR) is 139 cm³/mol. The molecule has 0 radical (unpaired) electrons. The van der Waals surface area contributed by atoms with Crippen LogP contribution in [0.4, 0.5) is 5.69 Å². The standard InChI is InChI=1S/C26H29N5O3S/c1-18-28-24-14-20(7-8-25(24)35-18)34-17-19(32)15-30-10-12-31(13-11-30)16-26(33)29-23-6-2-5-22-21(23)4-3-9-27-22/h2-9,14,19,32H,10-13,15-17H2,1H3,(H,29,33)/t19-/m1/s1. The zero-order valence-corrected chi connectivity index (χ0v) is 20.5. The van der Waals surface area contributed by atoms with E-state index in [2.05, 4.69) is 25.1 Å². The highest BCUT2D eigenvalue weighted by Crippen LogP contribution is 2.25. The number of aliphatic hydroxyl groups excluding tert-OH is 1. The third kappa shape index (κ3) is 5.94. The van der Waals surface area contributed by atoms with Gasteiger partial charge in [0.25, 0.3) is 0 Å². The van der Waals surface area contributed by atoms with Crippen LogP contribution in [-0.4, -0.2) is 82.8 Å². The van der Waals surface area contributed by atoms with Crippen LogP contribution >= 0.6 is 11.3 Å². The number of benzene rings is 2. The number of aryl methyl sites for hydroxylation is 1. The van der Waals surface area contributed by atoms with Gasteiger partial charge in [0.05, 0.1) is 33.0 Å². The average molecular weight is 492 g/mol. The van der Waals surface area contributed by atoms with Gasteiger partial charge in [0.15, 0.2) is 0 Å². The van der Waals surface area contributed by atoms with E-state index < -0.39 is 6.10 Å². The van der Waals surface area contributed by atoms with E-state index in [4.69, 9.17) is 4.74 Å². The maximum atomic E-state index is 12.6. The van der Waals surface area contributed by atoms with E-state index >= 15 is 0 Å². The van der Waals surface area contributed by atoms with Gasteiger partial charge < -0.3 is 15.2 Å². The van der Waals surface area contributed by atoms with Gasteiger partial charge >= 0.3 is 0 Å². The smallest absolute Gasteiger partial charge is 0.238 e. The molecule has 1 saturated heterocycles. The van der Waals surface area contributed by atoms with Crippen LogP contribution < -0.4 is 10.1 Å². The maximum absolute atomic E-state index is 12.6. The first-order valence-corrected chi connectivity index (χ1v) is 12.6. The number of thiazole rings is 1. The molecule has 2 N–H and O–H groups in total. The summed E-state index contributed by atoms with van der Waals surface area (Å²) in [5, 5.41) is 15.5. The molecule has 2 aromatic carbocycles. The molecule has 9 heteroatoms. The summed E-state index contributed by atoms with van der Waals surface area (Å²) in [6, 6.07) is 15.4. The van der Waals surface area contributed by atoms with E-state index in [1.165, 1.54) is 0 Å². The Morgan fingerprint density at radius 1 is 1.11 bits per heavy atom. The number of pyridine rings is 1. The summed E-state index contributed by atoms with van der Waals surface area (Å²) >= 11 is 1.66. The topological polar surface area (TPSA) is 90.8 Å². The predicted octanol–water partition coefficient (Wildman–Crippen LogP) is 3.15. The van der Waals surface area contributed by atoms with Crippen molar-refractivity contribution in [3.63, 3.8) is 0 Å². The van der Waals surface area contributed by atoms with Crippen molar-refractivity contribution in [3.05, 3.63) is 59.7 Å². The van der Waals surface area contributed by atoms with Gasteiger partial charge in [-0.2, -0.15) is 0 Å². The molecule has 0 bridgehead atoms. The van der Waals surface area contributed by atoms with Crippen molar-refractivity contribution in [2.24, 2.45) is 0 Å². The van der Waals surface area contributed by atoms with Gasteiger partial charge in [0.1, 0.15) is 18.5 Å². The van der Waals surface area contributed by atoms with E-state index in [0.29, 0.717) is 13.1 Å². The van der Waals surface area contributed by atoms with Crippen molar-refractivity contribution < 1.29 is 14.6 Å². The lowest BCUT2D eigenvalue weighted by molar-refractivity contribution is -0.117. The summed E-state index contributed by atoms with van der Waals surface area (Å²) in [7, 11) is 0. The summed E-state index contributed by atoms with van der Waals surface area (Å²) in [5.74, 6) is 0.690. The van der Waals surface area contributed by atoms with Gasteiger partial charge in [-0.05, 0) is 43.3 Å². The minimum Gasteiger partial charge on any atom is -0.491 e. The molecule has 182 valence electrons. The molecule has 0 aliphatic carbocycles. The summed E-state index contributed by atoms with van der Waals surface area (Å²) < 4.78 is 6.94. The van der Waals surface area contributed by atoms with Crippen molar-refractivity contribution in [3.8, 4) is 5.75 Å². The number of hydrogen-bond donors (Lipinski definition) is 2. The number of hydrogen-bond acceptors (Lipinski definition) is 8. The SMILES string of the molecule is Cc1nc2cc(OC[C@H](O)CN3CCN(CC(=O)Nc4cccc5ncccc45)CC3)ccc2s1. The summed E-state index contributed by atoms with van der Waals surface area (Å²) in [6.07, 6.45) is 1.16. The van der Waals surface area contributed by atoms with Crippen LogP contribution in [0.3, 0.4) is 0 Å². The Balaban J connectivity index is 1.05. The molecule has 1 aliphatic rings. The van der Waals surface area contributed by atoms with E-state index in [9.17, 15) is 9.90 Å². The molecule has 8 nitrogen and oxygen atoms in total. The Hall–Kier alpha value is -3.11. The van der Waals surface area contributed by atoms with Gasteiger partial charge in [-0.15, -0.1) is 11.3 Å². The summed E-state index contributed by atoms with van der Waals surface area (Å²) in [5.41, 5.74) is 2.57. The number of piperazine rings is 1. The Bertz CT molecular complexity index is 1310. The fourth-order valence-electron chi connectivity index (χ4n) is 4.39. The lowest BCUT2D eigenvalue weighted by Gasteiger charge is -2.35. The van der Waals surface area contributed by atoms with Gasteiger partial charge in [-0.25, -0.2) is 4.98 Å².